The first-order valence-electron chi connectivity index (χ1n) is 16.2. The molecule has 0 aliphatic rings. The van der Waals surface area contributed by atoms with Gasteiger partial charge >= 0.3 is 0 Å². The van der Waals surface area contributed by atoms with Crippen molar-refractivity contribution in [3.05, 3.63) is 174 Å². The molecule has 0 aliphatic heterocycles. The molecule has 50 heavy (non-hydrogen) atoms. The lowest BCUT2D eigenvalue weighted by Gasteiger charge is -2.16. The summed E-state index contributed by atoms with van der Waals surface area (Å²) in [5.41, 5.74) is 11.9. The summed E-state index contributed by atoms with van der Waals surface area (Å²) in [7, 11) is 0. The molecule has 0 unspecified atom stereocenters. The number of benzene rings is 7. The Hall–Kier alpha value is -7.39. The highest BCUT2D eigenvalue weighted by Gasteiger charge is 2.18. The Labute approximate surface area is 288 Å². The summed E-state index contributed by atoms with van der Waals surface area (Å²) < 4.78 is 4.45. The average molecular weight is 636 g/mol. The zero-order valence-electron chi connectivity index (χ0n) is 26.7. The van der Waals surface area contributed by atoms with Crippen molar-refractivity contribution in [3.63, 3.8) is 0 Å². The molecular weight excluding hydrogens is 611 g/mol. The van der Waals surface area contributed by atoms with Gasteiger partial charge in [-0.05, 0) is 83.4 Å². The van der Waals surface area contributed by atoms with Crippen LogP contribution in [0.5, 0.6) is 0 Å². The number of hydrogen-bond donors (Lipinski definition) is 0. The van der Waals surface area contributed by atoms with Crippen molar-refractivity contribution in [2.45, 2.75) is 0 Å². The van der Waals surface area contributed by atoms with Gasteiger partial charge in [-0.25, -0.2) is 4.85 Å². The fraction of sp³-hybridized carbons (Fsp3) is 0. The maximum atomic E-state index is 9.72. The first-order chi connectivity index (χ1) is 24.6. The van der Waals surface area contributed by atoms with Crippen molar-refractivity contribution < 1.29 is 0 Å². The van der Waals surface area contributed by atoms with E-state index in [0.717, 1.165) is 66.5 Å². The van der Waals surface area contributed by atoms with Gasteiger partial charge in [-0.15, -0.1) is 0 Å². The Kier molecular flexibility index (Phi) is 6.56. The van der Waals surface area contributed by atoms with E-state index in [9.17, 15) is 10.5 Å². The van der Waals surface area contributed by atoms with Crippen LogP contribution in [-0.4, -0.2) is 9.13 Å². The summed E-state index contributed by atoms with van der Waals surface area (Å²) in [6.07, 6.45) is 0. The second kappa shape index (κ2) is 11.4. The van der Waals surface area contributed by atoms with E-state index in [-0.39, 0.29) is 0 Å². The van der Waals surface area contributed by atoms with Crippen LogP contribution in [-0.2, 0) is 0 Å². The molecule has 0 fully saturated rings. The average Bonchev–Trinajstić information content (AvgIpc) is 3.69. The van der Waals surface area contributed by atoms with Gasteiger partial charge in [0.2, 0.25) is 0 Å². The molecule has 0 radical (unpaired) electrons. The molecular formula is C45H25N5. The minimum absolute atomic E-state index is 0.578. The van der Waals surface area contributed by atoms with Gasteiger partial charge in [0.05, 0.1) is 51.9 Å². The molecule has 0 amide bonds. The normalized spacial score (nSPS) is 11.1. The highest BCUT2D eigenvalue weighted by molar-refractivity contribution is 6.11. The lowest BCUT2D eigenvalue weighted by Crippen LogP contribution is -1.97. The Bertz CT molecular complexity index is 2920. The number of aromatic nitrogens is 2. The van der Waals surface area contributed by atoms with Crippen LogP contribution in [0.3, 0.4) is 0 Å². The Morgan fingerprint density at radius 2 is 1.08 bits per heavy atom. The summed E-state index contributed by atoms with van der Waals surface area (Å²) >= 11 is 0. The summed E-state index contributed by atoms with van der Waals surface area (Å²) in [6, 6.07) is 55.7. The van der Waals surface area contributed by atoms with E-state index in [2.05, 4.69) is 129 Å². The quantitative estimate of drug-likeness (QED) is 0.181. The third-order valence-corrected chi connectivity index (χ3v) is 9.57. The van der Waals surface area contributed by atoms with Crippen molar-refractivity contribution in [2.75, 3.05) is 0 Å². The topological polar surface area (TPSA) is 61.8 Å². The van der Waals surface area contributed by atoms with E-state index in [0.29, 0.717) is 16.8 Å². The van der Waals surface area contributed by atoms with Gasteiger partial charge in [-0.2, -0.15) is 10.5 Å². The van der Waals surface area contributed by atoms with E-state index < -0.39 is 0 Å². The van der Waals surface area contributed by atoms with Crippen LogP contribution in [0, 0.1) is 29.2 Å². The standard InChI is InChI=1S/C45H25N5/c1-48-34-18-20-36(45(26-34)50-41-14-4-2-12-37(41)38-13-3-5-15-42(38)50)33-10-6-8-31(24-33)32-9-7-11-35(25-32)49-43-21-17-29(27-46)22-40(43)39-19-16-30(28-47)23-44(39)49/h2-26H. The molecule has 0 saturated heterocycles. The molecule has 9 aromatic rings. The second-order valence-corrected chi connectivity index (χ2v) is 12.3. The third-order valence-electron chi connectivity index (χ3n) is 9.57. The van der Waals surface area contributed by atoms with E-state index in [1.54, 1.807) is 0 Å². The Balaban J connectivity index is 1.22. The van der Waals surface area contributed by atoms with Crippen LogP contribution in [0.2, 0.25) is 0 Å². The molecule has 0 N–H and O–H groups in total. The van der Waals surface area contributed by atoms with Crippen molar-refractivity contribution in [1.82, 2.24) is 9.13 Å². The summed E-state index contributed by atoms with van der Waals surface area (Å²) in [5.74, 6) is 0. The fourth-order valence-electron chi connectivity index (χ4n) is 7.33. The smallest absolute Gasteiger partial charge is 0.189 e. The van der Waals surface area contributed by atoms with Gasteiger partial charge in [0.1, 0.15) is 0 Å². The molecule has 0 aliphatic carbocycles. The Morgan fingerprint density at radius 3 is 1.82 bits per heavy atom. The van der Waals surface area contributed by atoms with Crippen LogP contribution in [0.4, 0.5) is 5.69 Å². The number of rotatable bonds is 4. The summed E-state index contributed by atoms with van der Waals surface area (Å²) in [6.45, 7) is 7.82. The molecule has 9 rings (SSSR count). The molecule has 0 atom stereocenters. The second-order valence-electron chi connectivity index (χ2n) is 12.3. The van der Waals surface area contributed by atoms with E-state index in [4.69, 9.17) is 6.57 Å². The lowest BCUT2D eigenvalue weighted by molar-refractivity contribution is 1.18. The minimum Gasteiger partial charge on any atom is -0.310 e. The maximum absolute atomic E-state index is 9.72. The van der Waals surface area contributed by atoms with Crippen molar-refractivity contribution in [2.24, 2.45) is 0 Å². The van der Waals surface area contributed by atoms with Crippen molar-refractivity contribution >= 4 is 49.3 Å². The Morgan fingerprint density at radius 1 is 0.460 bits per heavy atom. The van der Waals surface area contributed by atoms with E-state index in [1.807, 2.05) is 48.5 Å². The summed E-state index contributed by atoms with van der Waals surface area (Å²) in [4.78, 5) is 3.80. The molecule has 2 aromatic heterocycles. The number of para-hydroxylation sites is 2. The first kappa shape index (κ1) is 28.8. The molecule has 5 nitrogen and oxygen atoms in total. The van der Waals surface area contributed by atoms with Gasteiger partial charge in [0.25, 0.3) is 0 Å². The molecule has 5 heteroatoms. The maximum Gasteiger partial charge on any atom is 0.189 e. The predicted octanol–water partition coefficient (Wildman–Crippen LogP) is 11.5. The number of hydrogen-bond acceptors (Lipinski definition) is 2. The van der Waals surface area contributed by atoms with Crippen LogP contribution >= 0.6 is 0 Å². The monoisotopic (exact) mass is 635 g/mol. The van der Waals surface area contributed by atoms with Crippen LogP contribution in [0.1, 0.15) is 11.1 Å². The number of nitrogens with zero attached hydrogens (tertiary/aromatic N) is 5. The fourth-order valence-corrected chi connectivity index (χ4v) is 7.33. The molecule has 7 aromatic carbocycles. The zero-order chi connectivity index (χ0) is 33.8. The van der Waals surface area contributed by atoms with Crippen LogP contribution in [0.25, 0.3) is 82.1 Å². The van der Waals surface area contributed by atoms with Crippen LogP contribution in [0.15, 0.2) is 152 Å². The molecule has 2 heterocycles. The SMILES string of the molecule is [C-]#[N+]c1ccc(-c2cccc(-c3cccc(-n4c5ccc(C#N)cc5c5ccc(C#N)cc54)c3)c2)c(-n2c3ccccc3c3ccccc32)c1. The zero-order valence-corrected chi connectivity index (χ0v) is 26.7. The third kappa shape index (κ3) is 4.45. The highest BCUT2D eigenvalue weighted by atomic mass is 15.0. The van der Waals surface area contributed by atoms with Gasteiger partial charge in [0, 0.05) is 38.5 Å². The number of nitriles is 2. The van der Waals surface area contributed by atoms with Crippen molar-refractivity contribution in [3.8, 4) is 45.8 Å². The first-order valence-corrected chi connectivity index (χ1v) is 16.2. The van der Waals surface area contributed by atoms with Gasteiger partial charge in [-0.3, -0.25) is 0 Å². The predicted molar refractivity (Wildman–Crippen MR) is 202 cm³/mol. The van der Waals surface area contributed by atoms with E-state index in [1.165, 1.54) is 10.8 Å². The molecule has 0 spiro atoms. The minimum atomic E-state index is 0.578. The van der Waals surface area contributed by atoms with Gasteiger partial charge in [-0.1, -0.05) is 84.9 Å². The molecule has 0 saturated carbocycles. The van der Waals surface area contributed by atoms with Gasteiger partial charge in [0.15, 0.2) is 5.69 Å². The lowest BCUT2D eigenvalue weighted by atomic mass is 9.97. The highest BCUT2D eigenvalue weighted by Crippen LogP contribution is 2.39. The summed E-state index contributed by atoms with van der Waals surface area (Å²) in [5, 5.41) is 23.6. The largest absolute Gasteiger partial charge is 0.310 e. The molecule has 0 bridgehead atoms. The van der Waals surface area contributed by atoms with Crippen molar-refractivity contribution in [1.29, 1.82) is 10.5 Å². The van der Waals surface area contributed by atoms with E-state index >= 15 is 0 Å². The van der Waals surface area contributed by atoms with Crippen LogP contribution < -0.4 is 0 Å². The molecule has 230 valence electrons. The number of fused-ring (bicyclic) bond motifs is 6. The van der Waals surface area contributed by atoms with Gasteiger partial charge < -0.3 is 9.13 Å².